The molecule has 6 nitrogen and oxygen atoms in total. The maximum atomic E-state index is 11.4. The standard InChI is InChI=1S/C13H17N5O/c14-7-10(6-9-4-2-1-3-5-9)18-12-11(15)13(19)17-8-16-12/h1-5,8,10H,6-7,14-15H2,(H2,16,17,18,19). The average Bonchev–Trinajstić information content (AvgIpc) is 2.44. The van der Waals surface area contributed by atoms with Crippen LogP contribution in [0.4, 0.5) is 11.5 Å². The molecule has 1 heterocycles. The topological polar surface area (TPSA) is 110 Å². The van der Waals surface area contributed by atoms with E-state index in [0.717, 1.165) is 12.0 Å². The van der Waals surface area contributed by atoms with Crippen molar-refractivity contribution in [3.8, 4) is 0 Å². The van der Waals surface area contributed by atoms with Gasteiger partial charge >= 0.3 is 0 Å². The van der Waals surface area contributed by atoms with E-state index in [4.69, 9.17) is 11.5 Å². The van der Waals surface area contributed by atoms with Crippen LogP contribution in [0.15, 0.2) is 41.5 Å². The summed E-state index contributed by atoms with van der Waals surface area (Å²) in [6.07, 6.45) is 2.06. The molecule has 1 aromatic carbocycles. The van der Waals surface area contributed by atoms with E-state index in [0.29, 0.717) is 12.4 Å². The maximum Gasteiger partial charge on any atom is 0.276 e. The second-order valence-corrected chi connectivity index (χ2v) is 4.26. The number of aromatic amines is 1. The highest BCUT2D eigenvalue weighted by Gasteiger charge is 2.11. The Morgan fingerprint density at radius 3 is 2.74 bits per heavy atom. The van der Waals surface area contributed by atoms with Crippen molar-refractivity contribution in [2.75, 3.05) is 17.6 Å². The SMILES string of the molecule is NCC(Cc1ccccc1)Nc1nc[nH]c(=O)c1N. The van der Waals surface area contributed by atoms with Gasteiger partial charge in [0.05, 0.1) is 6.33 Å². The highest BCUT2D eigenvalue weighted by molar-refractivity contribution is 5.59. The van der Waals surface area contributed by atoms with Crippen molar-refractivity contribution in [3.05, 3.63) is 52.6 Å². The summed E-state index contributed by atoms with van der Waals surface area (Å²) in [6.45, 7) is 0.419. The Morgan fingerprint density at radius 2 is 2.05 bits per heavy atom. The zero-order valence-electron chi connectivity index (χ0n) is 10.5. The second-order valence-electron chi connectivity index (χ2n) is 4.26. The van der Waals surface area contributed by atoms with Gasteiger partial charge in [0.1, 0.15) is 5.69 Å². The second kappa shape index (κ2) is 6.01. The lowest BCUT2D eigenvalue weighted by Crippen LogP contribution is -2.32. The predicted molar refractivity (Wildman–Crippen MR) is 75.9 cm³/mol. The largest absolute Gasteiger partial charge is 0.391 e. The van der Waals surface area contributed by atoms with Crippen LogP contribution in [0.5, 0.6) is 0 Å². The van der Waals surface area contributed by atoms with Crippen LogP contribution in [0.3, 0.4) is 0 Å². The number of hydrogen-bond donors (Lipinski definition) is 4. The third-order valence-electron chi connectivity index (χ3n) is 2.84. The molecule has 0 aliphatic rings. The Labute approximate surface area is 110 Å². The molecule has 2 rings (SSSR count). The van der Waals surface area contributed by atoms with Crippen LogP contribution in [0, 0.1) is 0 Å². The summed E-state index contributed by atoms with van der Waals surface area (Å²) in [5.74, 6) is 0.370. The number of benzene rings is 1. The Hall–Kier alpha value is -2.34. The minimum Gasteiger partial charge on any atom is -0.391 e. The highest BCUT2D eigenvalue weighted by atomic mass is 16.1. The van der Waals surface area contributed by atoms with Crippen molar-refractivity contribution in [2.45, 2.75) is 12.5 Å². The van der Waals surface area contributed by atoms with Crippen molar-refractivity contribution in [1.82, 2.24) is 9.97 Å². The Morgan fingerprint density at radius 1 is 1.32 bits per heavy atom. The Bertz CT molecular complexity index is 581. The van der Waals surface area contributed by atoms with Crippen molar-refractivity contribution in [1.29, 1.82) is 0 Å². The first-order chi connectivity index (χ1) is 9.20. The number of nitrogens with zero attached hydrogens (tertiary/aromatic N) is 1. The summed E-state index contributed by atoms with van der Waals surface area (Å²) >= 11 is 0. The fraction of sp³-hybridized carbons (Fsp3) is 0.231. The third kappa shape index (κ3) is 3.32. The van der Waals surface area contributed by atoms with E-state index < -0.39 is 0 Å². The van der Waals surface area contributed by atoms with Gasteiger partial charge < -0.3 is 21.8 Å². The Kier molecular flexibility index (Phi) is 4.15. The molecule has 2 aromatic rings. The Balaban J connectivity index is 2.11. The predicted octanol–water partition coefficient (Wildman–Crippen LogP) is 0.334. The number of nitrogens with two attached hydrogens (primary N) is 2. The van der Waals surface area contributed by atoms with Crippen LogP contribution in [0.1, 0.15) is 5.56 Å². The number of nitrogen functional groups attached to an aromatic ring is 1. The fourth-order valence-corrected chi connectivity index (χ4v) is 1.81. The summed E-state index contributed by atoms with van der Waals surface area (Å²) in [4.78, 5) is 17.8. The fourth-order valence-electron chi connectivity index (χ4n) is 1.81. The molecule has 1 atom stereocenters. The lowest BCUT2D eigenvalue weighted by Gasteiger charge is -2.18. The van der Waals surface area contributed by atoms with Crippen molar-refractivity contribution < 1.29 is 0 Å². The zero-order chi connectivity index (χ0) is 13.7. The molecule has 0 aliphatic heterocycles. The molecule has 1 aromatic heterocycles. The van der Waals surface area contributed by atoms with Gasteiger partial charge in [-0.3, -0.25) is 4.79 Å². The molecule has 0 fully saturated rings. The molecule has 0 amide bonds. The molecular formula is C13H17N5O. The van der Waals surface area contributed by atoms with Gasteiger partial charge in [0.25, 0.3) is 5.56 Å². The van der Waals surface area contributed by atoms with Gasteiger partial charge in [0.15, 0.2) is 5.82 Å². The van der Waals surface area contributed by atoms with Gasteiger partial charge in [-0.1, -0.05) is 30.3 Å². The molecule has 6 N–H and O–H groups in total. The normalized spacial score (nSPS) is 12.1. The van der Waals surface area contributed by atoms with E-state index in [-0.39, 0.29) is 17.3 Å². The summed E-state index contributed by atoms with van der Waals surface area (Å²) in [6, 6.07) is 9.94. The van der Waals surface area contributed by atoms with E-state index in [9.17, 15) is 4.79 Å². The molecule has 6 heteroatoms. The van der Waals surface area contributed by atoms with Gasteiger partial charge in [0, 0.05) is 12.6 Å². The van der Waals surface area contributed by atoms with Gasteiger partial charge in [-0.25, -0.2) is 4.98 Å². The van der Waals surface area contributed by atoms with Gasteiger partial charge in [0.2, 0.25) is 0 Å². The van der Waals surface area contributed by atoms with Crippen LogP contribution in [0.25, 0.3) is 0 Å². The number of H-pyrrole nitrogens is 1. The van der Waals surface area contributed by atoms with Crippen LogP contribution >= 0.6 is 0 Å². The molecule has 0 radical (unpaired) electrons. The van der Waals surface area contributed by atoms with E-state index in [1.165, 1.54) is 6.33 Å². The monoisotopic (exact) mass is 259 g/mol. The van der Waals surface area contributed by atoms with E-state index in [1.54, 1.807) is 0 Å². The first kappa shape index (κ1) is 13.1. The van der Waals surface area contributed by atoms with E-state index >= 15 is 0 Å². The minimum absolute atomic E-state index is 0.0287. The van der Waals surface area contributed by atoms with Crippen molar-refractivity contribution in [3.63, 3.8) is 0 Å². The number of aromatic nitrogens is 2. The third-order valence-corrected chi connectivity index (χ3v) is 2.84. The molecule has 1 unspecified atom stereocenters. The van der Waals surface area contributed by atoms with Crippen molar-refractivity contribution >= 4 is 11.5 Å². The average molecular weight is 259 g/mol. The molecule has 19 heavy (non-hydrogen) atoms. The maximum absolute atomic E-state index is 11.4. The van der Waals surface area contributed by atoms with Crippen LogP contribution < -0.4 is 22.3 Å². The molecule has 0 saturated carbocycles. The zero-order valence-corrected chi connectivity index (χ0v) is 10.5. The van der Waals surface area contributed by atoms with Crippen molar-refractivity contribution in [2.24, 2.45) is 5.73 Å². The highest BCUT2D eigenvalue weighted by Crippen LogP contribution is 2.11. The molecule has 0 aliphatic carbocycles. The molecule has 0 saturated heterocycles. The number of hydrogen-bond acceptors (Lipinski definition) is 5. The smallest absolute Gasteiger partial charge is 0.276 e. The van der Waals surface area contributed by atoms with Crippen LogP contribution in [-0.2, 0) is 6.42 Å². The molecule has 0 bridgehead atoms. The summed E-state index contributed by atoms with van der Waals surface area (Å²) in [5, 5.41) is 3.11. The molecule has 100 valence electrons. The van der Waals surface area contributed by atoms with Gasteiger partial charge in [-0.2, -0.15) is 0 Å². The lowest BCUT2D eigenvalue weighted by atomic mass is 10.1. The number of anilines is 2. The van der Waals surface area contributed by atoms with Crippen LogP contribution in [0.2, 0.25) is 0 Å². The van der Waals surface area contributed by atoms with E-state index in [1.807, 2.05) is 30.3 Å². The number of rotatable bonds is 5. The summed E-state index contributed by atoms with van der Waals surface area (Å²) in [5.41, 5.74) is 12.3. The summed E-state index contributed by atoms with van der Waals surface area (Å²) in [7, 11) is 0. The quantitative estimate of drug-likeness (QED) is 0.618. The van der Waals surface area contributed by atoms with E-state index in [2.05, 4.69) is 15.3 Å². The lowest BCUT2D eigenvalue weighted by molar-refractivity contribution is 0.719. The number of nitrogens with one attached hydrogen (secondary N) is 2. The molecule has 0 spiro atoms. The first-order valence-electron chi connectivity index (χ1n) is 6.04. The summed E-state index contributed by atoms with van der Waals surface area (Å²) < 4.78 is 0. The minimum atomic E-state index is -0.354. The van der Waals surface area contributed by atoms with Gasteiger partial charge in [-0.15, -0.1) is 0 Å². The molecular weight excluding hydrogens is 242 g/mol. The van der Waals surface area contributed by atoms with Crippen LogP contribution in [-0.4, -0.2) is 22.6 Å². The first-order valence-corrected chi connectivity index (χ1v) is 6.04. The van der Waals surface area contributed by atoms with Gasteiger partial charge in [-0.05, 0) is 12.0 Å².